The van der Waals surface area contributed by atoms with Gasteiger partial charge in [0, 0.05) is 49.8 Å². The Labute approximate surface area is 156 Å². The molecule has 4 heteroatoms. The zero-order chi connectivity index (χ0) is 17.9. The highest BCUT2D eigenvalue weighted by molar-refractivity contribution is 5.48. The molecule has 0 unspecified atom stereocenters. The summed E-state index contributed by atoms with van der Waals surface area (Å²) in [7, 11) is 1.75. The van der Waals surface area contributed by atoms with Gasteiger partial charge in [-0.05, 0) is 31.0 Å². The second kappa shape index (κ2) is 7.68. The molecule has 0 radical (unpaired) electrons. The fraction of sp³-hybridized carbons (Fsp3) is 0.455. The van der Waals surface area contributed by atoms with E-state index >= 15 is 0 Å². The molecule has 0 saturated carbocycles. The molecule has 1 fully saturated rings. The standard InChI is InChI=1S/C22H28N2O2/c1-16-10-18-11-21(25-2)19(12-22(18)26-16)13-23-20-8-9-24(15-20)14-17-6-4-3-5-7-17/h3-7,11-12,16,20,23H,8-10,13-15H2,1-2H3/t16-,20+/m1/s1. The second-order valence-electron chi connectivity index (χ2n) is 7.49. The van der Waals surface area contributed by atoms with Crippen LogP contribution in [0.4, 0.5) is 0 Å². The van der Waals surface area contributed by atoms with Crippen LogP contribution in [0.5, 0.6) is 11.5 Å². The van der Waals surface area contributed by atoms with Crippen LogP contribution < -0.4 is 14.8 Å². The molecule has 0 aromatic heterocycles. The van der Waals surface area contributed by atoms with Crippen LogP contribution in [0.3, 0.4) is 0 Å². The van der Waals surface area contributed by atoms with E-state index in [4.69, 9.17) is 9.47 Å². The minimum Gasteiger partial charge on any atom is -0.496 e. The molecule has 4 nitrogen and oxygen atoms in total. The summed E-state index contributed by atoms with van der Waals surface area (Å²) in [5.41, 5.74) is 3.83. The van der Waals surface area contributed by atoms with E-state index in [2.05, 4.69) is 59.6 Å². The molecule has 2 heterocycles. The monoisotopic (exact) mass is 352 g/mol. The molecule has 0 bridgehead atoms. The summed E-state index contributed by atoms with van der Waals surface area (Å²) in [5.74, 6) is 1.99. The van der Waals surface area contributed by atoms with Crippen molar-refractivity contribution in [3.8, 4) is 11.5 Å². The largest absolute Gasteiger partial charge is 0.496 e. The second-order valence-corrected chi connectivity index (χ2v) is 7.49. The summed E-state index contributed by atoms with van der Waals surface area (Å²) >= 11 is 0. The third kappa shape index (κ3) is 3.87. The average Bonchev–Trinajstić information content (AvgIpc) is 3.24. The lowest BCUT2D eigenvalue weighted by Crippen LogP contribution is -2.32. The zero-order valence-electron chi connectivity index (χ0n) is 15.7. The topological polar surface area (TPSA) is 33.7 Å². The minimum absolute atomic E-state index is 0.263. The Morgan fingerprint density at radius 3 is 2.88 bits per heavy atom. The Bertz CT molecular complexity index is 747. The van der Waals surface area contributed by atoms with Crippen LogP contribution in [0.1, 0.15) is 30.0 Å². The first-order valence-electron chi connectivity index (χ1n) is 9.57. The first-order chi connectivity index (χ1) is 12.7. The summed E-state index contributed by atoms with van der Waals surface area (Å²) in [6.07, 6.45) is 2.42. The third-order valence-electron chi connectivity index (χ3n) is 5.40. The molecule has 2 aliphatic rings. The number of hydrogen-bond donors (Lipinski definition) is 1. The van der Waals surface area contributed by atoms with Gasteiger partial charge in [0.15, 0.2) is 0 Å². The fourth-order valence-corrected chi connectivity index (χ4v) is 4.05. The van der Waals surface area contributed by atoms with Crippen molar-refractivity contribution in [1.29, 1.82) is 0 Å². The lowest BCUT2D eigenvalue weighted by Gasteiger charge is -2.18. The van der Waals surface area contributed by atoms with E-state index in [0.29, 0.717) is 6.04 Å². The molecule has 2 aromatic carbocycles. The molecule has 2 aromatic rings. The van der Waals surface area contributed by atoms with E-state index in [1.54, 1.807) is 7.11 Å². The van der Waals surface area contributed by atoms with Crippen LogP contribution >= 0.6 is 0 Å². The van der Waals surface area contributed by atoms with Crippen molar-refractivity contribution in [2.75, 3.05) is 20.2 Å². The van der Waals surface area contributed by atoms with Gasteiger partial charge in [0.2, 0.25) is 0 Å². The van der Waals surface area contributed by atoms with Gasteiger partial charge in [-0.2, -0.15) is 0 Å². The molecule has 1 saturated heterocycles. The number of nitrogens with zero attached hydrogens (tertiary/aromatic N) is 1. The summed E-state index contributed by atoms with van der Waals surface area (Å²) < 4.78 is 11.5. The predicted molar refractivity (Wildman–Crippen MR) is 104 cm³/mol. The van der Waals surface area contributed by atoms with E-state index in [1.165, 1.54) is 23.1 Å². The van der Waals surface area contributed by atoms with Gasteiger partial charge in [-0.15, -0.1) is 0 Å². The molecule has 1 N–H and O–H groups in total. The lowest BCUT2D eigenvalue weighted by molar-refractivity contribution is 0.254. The molecule has 4 rings (SSSR count). The van der Waals surface area contributed by atoms with Crippen LogP contribution in [0, 0.1) is 0 Å². The van der Waals surface area contributed by atoms with Crippen LogP contribution in [-0.4, -0.2) is 37.2 Å². The zero-order valence-corrected chi connectivity index (χ0v) is 15.7. The van der Waals surface area contributed by atoms with Crippen LogP contribution in [-0.2, 0) is 19.5 Å². The minimum atomic E-state index is 0.263. The Morgan fingerprint density at radius 2 is 2.08 bits per heavy atom. The van der Waals surface area contributed by atoms with E-state index in [1.807, 2.05) is 0 Å². The molecular weight excluding hydrogens is 324 g/mol. The van der Waals surface area contributed by atoms with Gasteiger partial charge in [-0.3, -0.25) is 4.90 Å². The Morgan fingerprint density at radius 1 is 1.23 bits per heavy atom. The quantitative estimate of drug-likeness (QED) is 0.864. The van der Waals surface area contributed by atoms with E-state index < -0.39 is 0 Å². The number of ether oxygens (including phenoxy) is 2. The normalized spacial score (nSPS) is 22.2. The molecule has 2 aliphatic heterocycles. The van der Waals surface area contributed by atoms with Crippen molar-refractivity contribution < 1.29 is 9.47 Å². The number of fused-ring (bicyclic) bond motifs is 1. The molecule has 0 amide bonds. The summed E-state index contributed by atoms with van der Waals surface area (Å²) in [6, 6.07) is 15.5. The van der Waals surface area contributed by atoms with Crippen molar-refractivity contribution in [1.82, 2.24) is 10.2 Å². The summed E-state index contributed by atoms with van der Waals surface area (Å²) in [4.78, 5) is 2.53. The molecule has 26 heavy (non-hydrogen) atoms. The van der Waals surface area contributed by atoms with Crippen molar-refractivity contribution in [2.24, 2.45) is 0 Å². The third-order valence-corrected chi connectivity index (χ3v) is 5.40. The molecular formula is C22H28N2O2. The number of rotatable bonds is 6. The van der Waals surface area contributed by atoms with Gasteiger partial charge in [-0.1, -0.05) is 30.3 Å². The molecule has 0 aliphatic carbocycles. The van der Waals surface area contributed by atoms with Crippen LogP contribution in [0.25, 0.3) is 0 Å². The maximum absolute atomic E-state index is 5.91. The Balaban J connectivity index is 1.34. The lowest BCUT2D eigenvalue weighted by atomic mass is 10.1. The Hall–Kier alpha value is -2.04. The first-order valence-corrected chi connectivity index (χ1v) is 9.57. The van der Waals surface area contributed by atoms with Crippen molar-refractivity contribution >= 4 is 0 Å². The van der Waals surface area contributed by atoms with Gasteiger partial charge in [0.05, 0.1) is 7.11 Å². The van der Waals surface area contributed by atoms with Gasteiger partial charge in [0.1, 0.15) is 17.6 Å². The van der Waals surface area contributed by atoms with E-state index in [9.17, 15) is 0 Å². The Kier molecular flexibility index (Phi) is 5.14. The fourth-order valence-electron chi connectivity index (χ4n) is 4.05. The highest BCUT2D eigenvalue weighted by atomic mass is 16.5. The van der Waals surface area contributed by atoms with Gasteiger partial charge < -0.3 is 14.8 Å². The number of benzene rings is 2. The first kappa shape index (κ1) is 17.4. The van der Waals surface area contributed by atoms with Gasteiger partial charge in [0.25, 0.3) is 0 Å². The molecule has 138 valence electrons. The maximum Gasteiger partial charge on any atom is 0.123 e. The SMILES string of the molecule is COc1cc2c(cc1CN[C@H]1CCN(Cc3ccccc3)C1)O[C@H](C)C2. The van der Waals surface area contributed by atoms with E-state index in [0.717, 1.165) is 44.1 Å². The highest BCUT2D eigenvalue weighted by Crippen LogP contribution is 2.35. The van der Waals surface area contributed by atoms with Crippen molar-refractivity contribution in [3.63, 3.8) is 0 Å². The predicted octanol–water partition coefficient (Wildman–Crippen LogP) is 3.38. The van der Waals surface area contributed by atoms with Gasteiger partial charge >= 0.3 is 0 Å². The smallest absolute Gasteiger partial charge is 0.123 e. The van der Waals surface area contributed by atoms with Crippen molar-refractivity contribution in [2.45, 2.75) is 45.0 Å². The number of hydrogen-bond acceptors (Lipinski definition) is 4. The van der Waals surface area contributed by atoms with Crippen molar-refractivity contribution in [3.05, 3.63) is 59.2 Å². The van der Waals surface area contributed by atoms with E-state index in [-0.39, 0.29) is 6.10 Å². The molecule has 0 spiro atoms. The summed E-state index contributed by atoms with van der Waals surface area (Å²) in [5, 5.41) is 3.71. The van der Waals surface area contributed by atoms with Crippen LogP contribution in [0.2, 0.25) is 0 Å². The average molecular weight is 352 g/mol. The van der Waals surface area contributed by atoms with Crippen LogP contribution in [0.15, 0.2) is 42.5 Å². The highest BCUT2D eigenvalue weighted by Gasteiger charge is 2.24. The number of nitrogens with one attached hydrogen (secondary N) is 1. The maximum atomic E-state index is 5.91. The van der Waals surface area contributed by atoms with Gasteiger partial charge in [-0.25, -0.2) is 0 Å². The number of likely N-dealkylation sites (tertiary alicyclic amines) is 1. The summed E-state index contributed by atoms with van der Waals surface area (Å²) in [6.45, 7) is 6.21. The molecule has 2 atom stereocenters. The number of methoxy groups -OCH3 is 1.